The van der Waals surface area contributed by atoms with Gasteiger partial charge in [-0.3, -0.25) is 0 Å². The van der Waals surface area contributed by atoms with Crippen molar-refractivity contribution in [2.75, 3.05) is 0 Å². The van der Waals surface area contributed by atoms with Crippen molar-refractivity contribution in [1.29, 1.82) is 0 Å². The highest BCUT2D eigenvalue weighted by atomic mass is 28.3. The Kier molecular flexibility index (Phi) is 5.40. The lowest BCUT2D eigenvalue weighted by molar-refractivity contribution is 1.12. The summed E-state index contributed by atoms with van der Waals surface area (Å²) in [6, 6.07) is 59.0. The van der Waals surface area contributed by atoms with Crippen molar-refractivity contribution in [2.45, 2.75) is 12.8 Å². The van der Waals surface area contributed by atoms with E-state index in [0.29, 0.717) is 0 Å². The molecule has 1 aromatic heterocycles. The van der Waals surface area contributed by atoms with Gasteiger partial charge in [0.05, 0.1) is 11.4 Å². The number of hydrogen-bond acceptors (Lipinski definition) is 2. The number of rotatable bonds is 2. The summed E-state index contributed by atoms with van der Waals surface area (Å²) < 4.78 is 0. The van der Waals surface area contributed by atoms with Gasteiger partial charge in [-0.05, 0) is 83.3 Å². The van der Waals surface area contributed by atoms with Gasteiger partial charge in [-0.15, -0.1) is 0 Å². The third kappa shape index (κ3) is 3.51. The van der Waals surface area contributed by atoms with Gasteiger partial charge in [-0.25, -0.2) is 9.97 Å². The Labute approximate surface area is 297 Å². The van der Waals surface area contributed by atoms with Gasteiger partial charge >= 0.3 is 0 Å². The van der Waals surface area contributed by atoms with Crippen LogP contribution in [0.5, 0.6) is 0 Å². The van der Waals surface area contributed by atoms with Crippen LogP contribution in [0.1, 0.15) is 22.3 Å². The SMILES string of the molecule is c1ccc2c(c1)Cc1c(-c3nc(-c4ccc5c(c4)-c4ccccc4[Si]54c5ccccc5-c5ccccc54)c4c(n3)-c3ccccc3C4)cccc1-2. The average Bonchev–Trinajstić information content (AvgIpc) is 3.92. The molecule has 2 aliphatic carbocycles. The van der Waals surface area contributed by atoms with Crippen LogP contribution in [0, 0.1) is 0 Å². The number of benzene rings is 7. The third-order valence-electron chi connectivity index (χ3n) is 12.0. The van der Waals surface area contributed by atoms with Crippen molar-refractivity contribution in [3.8, 4) is 67.3 Å². The fourth-order valence-corrected chi connectivity index (χ4v) is 15.5. The molecule has 0 saturated carbocycles. The molecule has 0 atom stereocenters. The average molecular weight is 663 g/mol. The lowest BCUT2D eigenvalue weighted by Gasteiger charge is -2.27. The standard InChI is InChI=1S/C48H30N2Si/c1-3-14-32-29(12-1)26-39-34(32)19-11-20-38(39)48-49-46(41-27-30-13-2-4-15-33(30)47(41)50-48)31-24-25-45-40(28-31)37-18-7-10-23-44(37)51(45)42-21-8-5-16-35(42)36-17-6-9-22-43(36)51/h1-25,28H,26-27H2. The summed E-state index contributed by atoms with van der Waals surface area (Å²) in [5.74, 6) is 0.815. The maximum atomic E-state index is 5.55. The van der Waals surface area contributed by atoms with E-state index in [-0.39, 0.29) is 0 Å². The normalized spacial score (nSPS) is 14.3. The van der Waals surface area contributed by atoms with Gasteiger partial charge < -0.3 is 0 Å². The summed E-state index contributed by atoms with van der Waals surface area (Å²) >= 11 is 0. The number of hydrogen-bond donors (Lipinski definition) is 0. The molecule has 3 heterocycles. The van der Waals surface area contributed by atoms with Gasteiger partial charge in [0.15, 0.2) is 13.9 Å². The summed E-state index contributed by atoms with van der Waals surface area (Å²) in [6.45, 7) is 0. The zero-order valence-electron chi connectivity index (χ0n) is 27.8. The van der Waals surface area contributed by atoms with Crippen LogP contribution < -0.4 is 20.7 Å². The van der Waals surface area contributed by atoms with Gasteiger partial charge in [-0.1, -0.05) is 152 Å². The first-order valence-corrected chi connectivity index (χ1v) is 19.9. The van der Waals surface area contributed by atoms with Crippen LogP contribution in [0.4, 0.5) is 0 Å². The number of fused-ring (bicyclic) bond motifs is 16. The highest BCUT2D eigenvalue weighted by Crippen LogP contribution is 2.45. The molecule has 236 valence electrons. The van der Waals surface area contributed by atoms with Crippen LogP contribution in [0.15, 0.2) is 158 Å². The maximum absolute atomic E-state index is 5.55. The second-order valence-electron chi connectivity index (χ2n) is 14.4. The molecule has 2 nitrogen and oxygen atoms in total. The fraction of sp³-hybridized carbons (Fsp3) is 0.0417. The highest BCUT2D eigenvalue weighted by Gasteiger charge is 2.53. The van der Waals surface area contributed by atoms with E-state index >= 15 is 0 Å². The Hall–Kier alpha value is -6.16. The van der Waals surface area contributed by atoms with Crippen LogP contribution in [0.2, 0.25) is 0 Å². The molecule has 0 saturated heterocycles. The van der Waals surface area contributed by atoms with E-state index in [4.69, 9.17) is 9.97 Å². The molecular formula is C48H30N2Si. The molecule has 8 aromatic rings. The molecule has 4 aliphatic rings. The second kappa shape index (κ2) is 9.97. The van der Waals surface area contributed by atoms with E-state index in [2.05, 4.69) is 158 Å². The molecule has 0 fully saturated rings. The molecule has 12 rings (SSSR count). The lowest BCUT2D eigenvalue weighted by Crippen LogP contribution is -2.70. The second-order valence-corrected chi connectivity index (χ2v) is 18.0. The zero-order valence-corrected chi connectivity index (χ0v) is 28.8. The van der Waals surface area contributed by atoms with Crippen molar-refractivity contribution >= 4 is 28.8 Å². The van der Waals surface area contributed by atoms with E-state index in [0.717, 1.165) is 41.2 Å². The molecule has 1 spiro atoms. The molecule has 0 amide bonds. The molecule has 2 aliphatic heterocycles. The van der Waals surface area contributed by atoms with Gasteiger partial charge in [0.2, 0.25) is 0 Å². The van der Waals surface area contributed by atoms with Gasteiger partial charge in [0, 0.05) is 28.7 Å². The van der Waals surface area contributed by atoms with Crippen molar-refractivity contribution in [2.24, 2.45) is 0 Å². The van der Waals surface area contributed by atoms with Crippen LogP contribution in [0.3, 0.4) is 0 Å². The third-order valence-corrected chi connectivity index (χ3v) is 17.0. The first-order valence-electron chi connectivity index (χ1n) is 17.9. The Morgan fingerprint density at radius 2 is 0.843 bits per heavy atom. The molecule has 0 bridgehead atoms. The van der Waals surface area contributed by atoms with E-state index in [1.54, 1.807) is 0 Å². The monoisotopic (exact) mass is 662 g/mol. The predicted molar refractivity (Wildman–Crippen MR) is 211 cm³/mol. The van der Waals surface area contributed by atoms with E-state index in [1.807, 2.05) is 0 Å². The van der Waals surface area contributed by atoms with Gasteiger partial charge in [0.1, 0.15) is 0 Å². The summed E-state index contributed by atoms with van der Waals surface area (Å²) in [7, 11) is -2.49. The highest BCUT2D eigenvalue weighted by molar-refractivity contribution is 7.24. The van der Waals surface area contributed by atoms with Crippen LogP contribution in [-0.4, -0.2) is 18.0 Å². The number of aromatic nitrogens is 2. The topological polar surface area (TPSA) is 25.8 Å². The summed E-state index contributed by atoms with van der Waals surface area (Å²) in [6.07, 6.45) is 1.74. The first-order chi connectivity index (χ1) is 25.3. The van der Waals surface area contributed by atoms with Crippen molar-refractivity contribution in [3.05, 3.63) is 180 Å². The van der Waals surface area contributed by atoms with Crippen LogP contribution in [-0.2, 0) is 12.8 Å². The molecule has 3 heteroatoms. The molecule has 51 heavy (non-hydrogen) atoms. The summed E-state index contributed by atoms with van der Waals surface area (Å²) in [4.78, 5) is 11.0. The minimum Gasteiger partial charge on any atom is -0.228 e. The fourth-order valence-electron chi connectivity index (χ4n) is 9.94. The Morgan fingerprint density at radius 3 is 1.55 bits per heavy atom. The minimum atomic E-state index is -2.49. The largest absolute Gasteiger partial charge is 0.228 e. The van der Waals surface area contributed by atoms with Gasteiger partial charge in [-0.2, -0.15) is 0 Å². The zero-order chi connectivity index (χ0) is 33.3. The van der Waals surface area contributed by atoms with E-state index in [9.17, 15) is 0 Å². The Bertz CT molecular complexity index is 2780. The smallest absolute Gasteiger partial charge is 0.182 e. The van der Waals surface area contributed by atoms with E-state index < -0.39 is 8.07 Å². The molecule has 0 radical (unpaired) electrons. The first kappa shape index (κ1) is 27.6. The van der Waals surface area contributed by atoms with Gasteiger partial charge in [0.25, 0.3) is 0 Å². The minimum absolute atomic E-state index is 0.815. The van der Waals surface area contributed by atoms with Crippen LogP contribution >= 0.6 is 0 Å². The Balaban J connectivity index is 1.11. The lowest BCUT2D eigenvalue weighted by atomic mass is 9.97. The number of nitrogens with zero attached hydrogens (tertiary/aromatic N) is 2. The molecule has 0 unspecified atom stereocenters. The Morgan fingerprint density at radius 1 is 0.353 bits per heavy atom. The van der Waals surface area contributed by atoms with Crippen LogP contribution in [0.25, 0.3) is 67.3 Å². The maximum Gasteiger partial charge on any atom is 0.182 e. The molecular weight excluding hydrogens is 633 g/mol. The van der Waals surface area contributed by atoms with Crippen molar-refractivity contribution < 1.29 is 0 Å². The van der Waals surface area contributed by atoms with E-state index in [1.165, 1.54) is 81.9 Å². The summed E-state index contributed by atoms with van der Waals surface area (Å²) in [5.41, 5.74) is 19.0. The quantitative estimate of drug-likeness (QED) is 0.174. The molecule has 0 N–H and O–H groups in total. The predicted octanol–water partition coefficient (Wildman–Crippen LogP) is 8.29. The summed E-state index contributed by atoms with van der Waals surface area (Å²) in [5, 5.41) is 5.99. The van der Waals surface area contributed by atoms with Crippen molar-refractivity contribution in [3.63, 3.8) is 0 Å². The van der Waals surface area contributed by atoms with Crippen molar-refractivity contribution in [1.82, 2.24) is 9.97 Å². The molecule has 7 aromatic carbocycles.